The Morgan fingerprint density at radius 3 is 2.09 bits per heavy atom. The molecule has 1 atom stereocenters. The first-order chi connectivity index (χ1) is 21.2. The van der Waals surface area contributed by atoms with Crippen molar-refractivity contribution in [2.24, 2.45) is 0 Å². The van der Waals surface area contributed by atoms with E-state index in [0.717, 1.165) is 22.3 Å². The molecule has 44 heavy (non-hydrogen) atoms. The second-order valence-electron chi connectivity index (χ2n) is 10.2. The van der Waals surface area contributed by atoms with Gasteiger partial charge in [-0.2, -0.15) is 4.39 Å². The van der Waals surface area contributed by atoms with E-state index in [4.69, 9.17) is 14.2 Å². The largest absolute Gasteiger partial charge is 0.494 e. The molecular weight excluding hydrogens is 569 g/mol. The minimum Gasteiger partial charge on any atom is -0.494 e. The maximum atomic E-state index is 13.0. The van der Waals surface area contributed by atoms with Crippen molar-refractivity contribution in [3.63, 3.8) is 0 Å². The van der Waals surface area contributed by atoms with Gasteiger partial charge in [0, 0.05) is 31.0 Å². The van der Waals surface area contributed by atoms with E-state index in [9.17, 15) is 23.6 Å². The van der Waals surface area contributed by atoms with Crippen LogP contribution < -0.4 is 14.2 Å². The number of carbonyl (C=O) groups is 4. The number of hydrogen-bond donors (Lipinski definition) is 0. The summed E-state index contributed by atoms with van der Waals surface area (Å²) >= 11 is 0. The lowest BCUT2D eigenvalue weighted by atomic mass is 9.98. The molecule has 0 saturated heterocycles. The van der Waals surface area contributed by atoms with Gasteiger partial charge in [0.25, 0.3) is 11.8 Å². The van der Waals surface area contributed by atoms with E-state index in [1.165, 1.54) is 17.1 Å². The Labute approximate surface area is 253 Å². The molecule has 3 aromatic rings. The molecule has 1 heterocycles. The number of imide groups is 1. The zero-order valence-electron chi connectivity index (χ0n) is 24.0. The van der Waals surface area contributed by atoms with E-state index >= 15 is 0 Å². The van der Waals surface area contributed by atoms with Crippen LogP contribution in [-0.4, -0.2) is 55.0 Å². The molecule has 0 radical (unpaired) electrons. The van der Waals surface area contributed by atoms with Crippen LogP contribution in [0.3, 0.4) is 0 Å². The number of ether oxygens (including phenoxy) is 4. The summed E-state index contributed by atoms with van der Waals surface area (Å²) in [6.45, 7) is 5.85. The predicted molar refractivity (Wildman–Crippen MR) is 158 cm³/mol. The van der Waals surface area contributed by atoms with Crippen LogP contribution in [-0.2, 0) is 19.1 Å². The summed E-state index contributed by atoms with van der Waals surface area (Å²) in [5, 5.41) is 0. The van der Waals surface area contributed by atoms with Crippen LogP contribution in [0.25, 0.3) is 11.1 Å². The first kappa shape index (κ1) is 30.2. The quantitative estimate of drug-likeness (QED) is 0.0830. The third kappa shape index (κ3) is 6.86. The average Bonchev–Trinajstić information content (AvgIpc) is 3.49. The Bertz CT molecular complexity index is 1630. The van der Waals surface area contributed by atoms with Crippen LogP contribution in [0.5, 0.6) is 17.2 Å². The highest BCUT2D eigenvalue weighted by molar-refractivity contribution is 6.12. The Morgan fingerprint density at radius 1 is 0.795 bits per heavy atom. The molecule has 226 valence electrons. The molecule has 0 saturated carbocycles. The fraction of sp³-hybridized carbons (Fsp3) is 0.235. The number of nitrogens with zero attached hydrogens (tertiary/aromatic N) is 1. The van der Waals surface area contributed by atoms with Gasteiger partial charge in [-0.25, -0.2) is 9.59 Å². The minimum absolute atomic E-state index is 0.00219. The summed E-state index contributed by atoms with van der Waals surface area (Å²) in [6.07, 6.45) is 3.43. The summed E-state index contributed by atoms with van der Waals surface area (Å²) in [4.78, 5) is 48.6. The smallest absolute Gasteiger partial charge is 0.366 e. The van der Waals surface area contributed by atoms with Crippen LogP contribution in [0.4, 0.5) is 4.39 Å². The monoisotopic (exact) mass is 599 g/mol. The number of carbonyl (C=O) groups excluding carboxylic acids is 4. The minimum atomic E-state index is -1.14. The molecule has 1 aliphatic carbocycles. The highest BCUT2D eigenvalue weighted by Gasteiger charge is 2.27. The number of esters is 2. The Hall–Kier alpha value is -5.25. The number of halogens is 1. The molecule has 2 amide bonds. The molecule has 9 nitrogen and oxygen atoms in total. The molecule has 5 rings (SSSR count). The van der Waals surface area contributed by atoms with Crippen LogP contribution >= 0.6 is 0 Å². The Kier molecular flexibility index (Phi) is 9.18. The van der Waals surface area contributed by atoms with Gasteiger partial charge in [-0.1, -0.05) is 25.6 Å². The second-order valence-corrected chi connectivity index (χ2v) is 10.2. The van der Waals surface area contributed by atoms with E-state index < -0.39 is 17.8 Å². The molecule has 10 heteroatoms. The van der Waals surface area contributed by atoms with E-state index in [0.29, 0.717) is 48.8 Å². The summed E-state index contributed by atoms with van der Waals surface area (Å²) in [5.41, 5.74) is 4.63. The fourth-order valence-corrected chi connectivity index (χ4v) is 5.02. The lowest BCUT2D eigenvalue weighted by molar-refractivity contribution is -0.141. The Morgan fingerprint density at radius 2 is 1.39 bits per heavy atom. The molecular formula is C34H30FNO8. The van der Waals surface area contributed by atoms with Gasteiger partial charge in [0.15, 0.2) is 0 Å². The molecule has 0 spiro atoms. The van der Waals surface area contributed by atoms with Crippen molar-refractivity contribution >= 4 is 23.8 Å². The van der Waals surface area contributed by atoms with Crippen LogP contribution in [0.2, 0.25) is 0 Å². The molecule has 0 N–H and O–H groups in total. The molecule has 3 aromatic carbocycles. The van der Waals surface area contributed by atoms with Gasteiger partial charge >= 0.3 is 11.9 Å². The molecule has 0 bridgehead atoms. The van der Waals surface area contributed by atoms with Gasteiger partial charge in [-0.15, -0.1) is 0 Å². The SMILES string of the molecule is C=C(F)C(=O)OCCCOc1ccc(OC(=O)c2ccc3c(c2)C(C)c2cc(OCCCN4C(=O)C=CC4=O)ccc2-3)cc1. The maximum absolute atomic E-state index is 13.0. The van der Waals surface area contributed by atoms with Crippen molar-refractivity contribution in [3.8, 4) is 28.4 Å². The van der Waals surface area contributed by atoms with Crippen molar-refractivity contribution in [2.75, 3.05) is 26.4 Å². The number of benzene rings is 3. The number of rotatable bonds is 13. The van der Waals surface area contributed by atoms with Gasteiger partial charge in [-0.3, -0.25) is 14.5 Å². The lowest BCUT2D eigenvalue weighted by Crippen LogP contribution is -2.31. The molecule has 0 aromatic heterocycles. The van der Waals surface area contributed by atoms with Crippen LogP contribution in [0.1, 0.15) is 47.2 Å². The zero-order valence-corrected chi connectivity index (χ0v) is 24.0. The van der Waals surface area contributed by atoms with Gasteiger partial charge in [-0.05, 0) is 77.2 Å². The van der Waals surface area contributed by atoms with Crippen LogP contribution in [0.15, 0.2) is 85.2 Å². The number of hydrogen-bond acceptors (Lipinski definition) is 8. The predicted octanol–water partition coefficient (Wildman–Crippen LogP) is 5.53. The maximum Gasteiger partial charge on any atom is 0.366 e. The van der Waals surface area contributed by atoms with E-state index in [2.05, 4.69) is 18.2 Å². The Balaban J connectivity index is 1.12. The summed E-state index contributed by atoms with van der Waals surface area (Å²) < 4.78 is 34.3. The highest BCUT2D eigenvalue weighted by atomic mass is 19.1. The summed E-state index contributed by atoms with van der Waals surface area (Å²) in [7, 11) is 0. The van der Waals surface area contributed by atoms with Gasteiger partial charge < -0.3 is 18.9 Å². The van der Waals surface area contributed by atoms with Crippen molar-refractivity contribution in [2.45, 2.75) is 25.7 Å². The third-order valence-electron chi connectivity index (χ3n) is 7.28. The third-order valence-corrected chi connectivity index (χ3v) is 7.28. The normalized spacial score (nSPS) is 14.7. The fourth-order valence-electron chi connectivity index (χ4n) is 5.02. The zero-order chi connectivity index (χ0) is 31.2. The highest BCUT2D eigenvalue weighted by Crippen LogP contribution is 2.46. The topological polar surface area (TPSA) is 108 Å². The van der Waals surface area contributed by atoms with Crippen molar-refractivity contribution in [1.82, 2.24) is 4.90 Å². The lowest BCUT2D eigenvalue weighted by Gasteiger charge is -2.14. The van der Waals surface area contributed by atoms with Crippen molar-refractivity contribution in [1.29, 1.82) is 0 Å². The van der Waals surface area contributed by atoms with Crippen LogP contribution in [0, 0.1) is 0 Å². The average molecular weight is 600 g/mol. The van der Waals surface area contributed by atoms with Crippen molar-refractivity contribution in [3.05, 3.63) is 102 Å². The van der Waals surface area contributed by atoms with Gasteiger partial charge in [0.2, 0.25) is 5.83 Å². The number of amides is 2. The number of fused-ring (bicyclic) bond motifs is 3. The molecule has 0 fully saturated rings. The first-order valence-corrected chi connectivity index (χ1v) is 14.1. The molecule has 1 aliphatic heterocycles. The standard InChI is InChI=1S/C34H30FNO8/c1-21-29-19-23(34(40)44-25-8-6-24(7-9-25)41-17-4-18-43-33(39)22(2)35)5-11-27(29)28-12-10-26(20-30(21)28)42-16-3-15-36-31(37)13-14-32(36)38/h5-14,19-21H,2-4,15-18H2,1H3. The molecule has 2 aliphatic rings. The summed E-state index contributed by atoms with van der Waals surface area (Å²) in [6, 6.07) is 17.9. The van der Waals surface area contributed by atoms with Gasteiger partial charge in [0.1, 0.15) is 17.2 Å². The first-order valence-electron chi connectivity index (χ1n) is 14.1. The van der Waals surface area contributed by atoms with Crippen molar-refractivity contribution < 1.29 is 42.5 Å². The summed E-state index contributed by atoms with van der Waals surface area (Å²) in [5.74, 6) is -1.71. The second kappa shape index (κ2) is 13.4. The van der Waals surface area contributed by atoms with E-state index in [1.54, 1.807) is 30.3 Å². The van der Waals surface area contributed by atoms with E-state index in [-0.39, 0.29) is 30.9 Å². The molecule has 1 unspecified atom stereocenters. The van der Waals surface area contributed by atoms with E-state index in [1.807, 2.05) is 30.3 Å². The van der Waals surface area contributed by atoms with Gasteiger partial charge in [0.05, 0.1) is 25.4 Å².